The molecule has 0 aliphatic carbocycles. The van der Waals surface area contributed by atoms with Crippen LogP contribution in [0.2, 0.25) is 5.15 Å². The van der Waals surface area contributed by atoms with Gasteiger partial charge in [0.15, 0.2) is 5.16 Å². The van der Waals surface area contributed by atoms with E-state index in [2.05, 4.69) is 14.9 Å². The summed E-state index contributed by atoms with van der Waals surface area (Å²) < 4.78 is 0. The number of anilines is 1. The summed E-state index contributed by atoms with van der Waals surface area (Å²) in [6.45, 7) is 2.21. The molecule has 1 saturated heterocycles. The Labute approximate surface area is 117 Å². The van der Waals surface area contributed by atoms with Gasteiger partial charge < -0.3 is 10.0 Å². The fourth-order valence-corrected chi connectivity index (χ4v) is 2.93. The van der Waals surface area contributed by atoms with Crippen molar-refractivity contribution in [1.29, 1.82) is 0 Å². The molecule has 6 heteroatoms. The average molecular weight is 288 g/mol. The first kappa shape index (κ1) is 13.9. The summed E-state index contributed by atoms with van der Waals surface area (Å²) in [5, 5.41) is 10.2. The molecule has 1 aliphatic rings. The van der Waals surface area contributed by atoms with E-state index in [1.54, 1.807) is 0 Å². The number of aliphatic hydroxyl groups is 1. The van der Waals surface area contributed by atoms with E-state index in [1.807, 2.05) is 12.3 Å². The van der Waals surface area contributed by atoms with Crippen LogP contribution < -0.4 is 4.90 Å². The Morgan fingerprint density at radius 2 is 2.39 bits per heavy atom. The predicted octanol–water partition coefficient (Wildman–Crippen LogP) is 2.45. The molecule has 18 heavy (non-hydrogen) atoms. The number of aromatic nitrogens is 2. The van der Waals surface area contributed by atoms with Gasteiger partial charge in [0.1, 0.15) is 11.0 Å². The standard InChI is InChI=1S/C12H18ClN3OS/c1-18-12-14-10(13)7-11(15-12)16-5-2-3-9(8-16)4-6-17/h7,9,17H,2-6,8H2,1H3. The minimum atomic E-state index is 0.263. The van der Waals surface area contributed by atoms with Crippen LogP contribution in [0.1, 0.15) is 19.3 Å². The Balaban J connectivity index is 2.12. The second kappa shape index (κ2) is 6.59. The normalized spacial score (nSPS) is 20.2. The van der Waals surface area contributed by atoms with Crippen LogP contribution in [-0.4, -0.2) is 41.0 Å². The SMILES string of the molecule is CSc1nc(Cl)cc(N2CCCC(CCO)C2)n1. The van der Waals surface area contributed by atoms with Crippen molar-refractivity contribution in [2.45, 2.75) is 24.4 Å². The molecule has 0 amide bonds. The molecule has 0 spiro atoms. The zero-order valence-electron chi connectivity index (χ0n) is 10.5. The maximum atomic E-state index is 9.03. The summed E-state index contributed by atoms with van der Waals surface area (Å²) in [5.41, 5.74) is 0. The zero-order chi connectivity index (χ0) is 13.0. The zero-order valence-corrected chi connectivity index (χ0v) is 12.0. The van der Waals surface area contributed by atoms with Crippen molar-refractivity contribution in [3.63, 3.8) is 0 Å². The molecule has 1 fully saturated rings. The lowest BCUT2D eigenvalue weighted by atomic mass is 9.95. The van der Waals surface area contributed by atoms with Crippen molar-refractivity contribution in [2.24, 2.45) is 5.92 Å². The molecular formula is C12H18ClN3OS. The third-order valence-corrected chi connectivity index (χ3v) is 3.97. The van der Waals surface area contributed by atoms with Crippen molar-refractivity contribution in [1.82, 2.24) is 9.97 Å². The second-order valence-electron chi connectivity index (χ2n) is 4.50. The van der Waals surface area contributed by atoms with Gasteiger partial charge in [-0.2, -0.15) is 0 Å². The second-order valence-corrected chi connectivity index (χ2v) is 5.66. The van der Waals surface area contributed by atoms with Crippen molar-refractivity contribution < 1.29 is 5.11 Å². The average Bonchev–Trinajstić information content (AvgIpc) is 2.39. The van der Waals surface area contributed by atoms with Crippen molar-refractivity contribution >= 4 is 29.2 Å². The molecule has 1 atom stereocenters. The topological polar surface area (TPSA) is 49.2 Å². The number of hydrogen-bond acceptors (Lipinski definition) is 5. The molecule has 0 bridgehead atoms. The molecule has 1 aromatic heterocycles. The number of nitrogens with zero attached hydrogens (tertiary/aromatic N) is 3. The third kappa shape index (κ3) is 3.49. The van der Waals surface area contributed by atoms with Crippen molar-refractivity contribution in [3.05, 3.63) is 11.2 Å². The molecule has 0 aromatic carbocycles. The molecule has 1 unspecified atom stereocenters. The van der Waals surface area contributed by atoms with Gasteiger partial charge in [-0.15, -0.1) is 0 Å². The first-order valence-electron chi connectivity index (χ1n) is 6.17. The highest BCUT2D eigenvalue weighted by atomic mass is 35.5. The molecule has 1 aliphatic heterocycles. The fraction of sp³-hybridized carbons (Fsp3) is 0.667. The highest BCUT2D eigenvalue weighted by Gasteiger charge is 2.21. The number of thioether (sulfide) groups is 1. The molecular weight excluding hydrogens is 270 g/mol. The first-order valence-corrected chi connectivity index (χ1v) is 7.77. The number of halogens is 1. The lowest BCUT2D eigenvalue weighted by molar-refractivity contribution is 0.244. The van der Waals surface area contributed by atoms with E-state index in [-0.39, 0.29) is 6.61 Å². The molecule has 1 N–H and O–H groups in total. The summed E-state index contributed by atoms with van der Waals surface area (Å²) in [4.78, 5) is 10.9. The van der Waals surface area contributed by atoms with E-state index in [9.17, 15) is 0 Å². The summed E-state index contributed by atoms with van der Waals surface area (Å²) in [5.74, 6) is 1.46. The Kier molecular flexibility index (Phi) is 5.09. The van der Waals surface area contributed by atoms with Gasteiger partial charge in [0.25, 0.3) is 0 Å². The van der Waals surface area contributed by atoms with Gasteiger partial charge in [-0.3, -0.25) is 0 Å². The fourth-order valence-electron chi connectivity index (χ4n) is 2.33. The Morgan fingerprint density at radius 3 is 3.11 bits per heavy atom. The van der Waals surface area contributed by atoms with Crippen molar-refractivity contribution in [2.75, 3.05) is 30.9 Å². The van der Waals surface area contributed by atoms with Gasteiger partial charge in [0.2, 0.25) is 0 Å². The van der Waals surface area contributed by atoms with Gasteiger partial charge in [-0.25, -0.2) is 9.97 Å². The van der Waals surface area contributed by atoms with Crippen molar-refractivity contribution in [3.8, 4) is 0 Å². The summed E-state index contributed by atoms with van der Waals surface area (Å²) in [6.07, 6.45) is 5.14. The minimum Gasteiger partial charge on any atom is -0.396 e. The smallest absolute Gasteiger partial charge is 0.190 e. The van der Waals surface area contributed by atoms with E-state index in [1.165, 1.54) is 18.2 Å². The largest absolute Gasteiger partial charge is 0.396 e. The van der Waals surface area contributed by atoms with Gasteiger partial charge in [-0.05, 0) is 31.4 Å². The van der Waals surface area contributed by atoms with E-state index >= 15 is 0 Å². The summed E-state index contributed by atoms with van der Waals surface area (Å²) >= 11 is 7.51. The highest BCUT2D eigenvalue weighted by Crippen LogP contribution is 2.26. The van der Waals surface area contributed by atoms with Crippen LogP contribution in [0.25, 0.3) is 0 Å². The summed E-state index contributed by atoms with van der Waals surface area (Å²) in [6, 6.07) is 1.82. The van der Waals surface area contributed by atoms with Crippen LogP contribution in [0, 0.1) is 5.92 Å². The van der Waals surface area contributed by atoms with Gasteiger partial charge >= 0.3 is 0 Å². The maximum absolute atomic E-state index is 9.03. The van der Waals surface area contributed by atoms with Crippen LogP contribution in [-0.2, 0) is 0 Å². The molecule has 2 rings (SSSR count). The quantitative estimate of drug-likeness (QED) is 0.524. The lowest BCUT2D eigenvalue weighted by Gasteiger charge is -2.33. The first-order chi connectivity index (χ1) is 8.72. The van der Waals surface area contributed by atoms with E-state index < -0.39 is 0 Å². The van der Waals surface area contributed by atoms with Crippen LogP contribution >= 0.6 is 23.4 Å². The van der Waals surface area contributed by atoms with Gasteiger partial charge in [0, 0.05) is 25.8 Å². The van der Waals surface area contributed by atoms with Crippen LogP contribution in [0.5, 0.6) is 0 Å². The van der Waals surface area contributed by atoms with E-state index in [4.69, 9.17) is 16.7 Å². The monoisotopic (exact) mass is 287 g/mol. The number of piperidine rings is 1. The summed E-state index contributed by atoms with van der Waals surface area (Å²) in [7, 11) is 0. The molecule has 100 valence electrons. The Hall–Kier alpha value is -0.520. The van der Waals surface area contributed by atoms with Crippen LogP contribution in [0.15, 0.2) is 11.2 Å². The maximum Gasteiger partial charge on any atom is 0.190 e. The molecule has 1 aromatic rings. The third-order valence-electron chi connectivity index (χ3n) is 3.22. The van der Waals surface area contributed by atoms with Gasteiger partial charge in [0.05, 0.1) is 0 Å². The number of aliphatic hydroxyl groups excluding tert-OH is 1. The predicted molar refractivity (Wildman–Crippen MR) is 75.5 cm³/mol. The highest BCUT2D eigenvalue weighted by molar-refractivity contribution is 7.98. The number of hydrogen-bond donors (Lipinski definition) is 1. The number of rotatable bonds is 4. The Bertz CT molecular complexity index is 403. The Morgan fingerprint density at radius 1 is 1.56 bits per heavy atom. The van der Waals surface area contributed by atoms with E-state index in [0.717, 1.165) is 31.7 Å². The van der Waals surface area contributed by atoms with E-state index in [0.29, 0.717) is 16.2 Å². The lowest BCUT2D eigenvalue weighted by Crippen LogP contribution is -2.36. The molecule has 0 saturated carbocycles. The van der Waals surface area contributed by atoms with Crippen LogP contribution in [0.3, 0.4) is 0 Å². The molecule has 0 radical (unpaired) electrons. The molecule has 4 nitrogen and oxygen atoms in total. The van der Waals surface area contributed by atoms with Crippen LogP contribution in [0.4, 0.5) is 5.82 Å². The molecule has 2 heterocycles. The minimum absolute atomic E-state index is 0.263. The van der Waals surface area contributed by atoms with Gasteiger partial charge in [-0.1, -0.05) is 23.4 Å².